The van der Waals surface area contributed by atoms with E-state index in [2.05, 4.69) is 50.3 Å². The summed E-state index contributed by atoms with van der Waals surface area (Å²) >= 11 is 0. The van der Waals surface area contributed by atoms with Crippen molar-refractivity contribution in [2.24, 2.45) is 0 Å². The van der Waals surface area contributed by atoms with Crippen LogP contribution in [0.25, 0.3) is 34.2 Å². The van der Waals surface area contributed by atoms with Gasteiger partial charge in [0.1, 0.15) is 58.1 Å². The minimum atomic E-state index is -3.86. The van der Waals surface area contributed by atoms with Crippen LogP contribution in [0.1, 0.15) is 71.6 Å². The molecule has 0 aliphatic carbocycles. The summed E-state index contributed by atoms with van der Waals surface area (Å²) in [6, 6.07) is 14.4. The molecular formula is C52H60N12O10S2. The minimum Gasteiger partial charge on any atom is -0.494 e. The van der Waals surface area contributed by atoms with E-state index < -0.39 is 53.9 Å². The summed E-state index contributed by atoms with van der Waals surface area (Å²) in [6.45, 7) is 10.7. The maximum Gasteiger partial charge on any atom is 0.170 e. The van der Waals surface area contributed by atoms with Crippen molar-refractivity contribution in [2.45, 2.75) is 75.8 Å². The molecule has 24 heteroatoms. The molecule has 0 aliphatic heterocycles. The Kier molecular flexibility index (Phi) is 17.8. The van der Waals surface area contributed by atoms with Crippen molar-refractivity contribution in [3.63, 3.8) is 0 Å². The predicted molar refractivity (Wildman–Crippen MR) is 282 cm³/mol. The molecule has 0 aliphatic rings. The Labute approximate surface area is 441 Å². The quantitative estimate of drug-likeness (QED) is 0.0752. The van der Waals surface area contributed by atoms with E-state index >= 15 is 0 Å². The summed E-state index contributed by atoms with van der Waals surface area (Å²) in [6.07, 6.45) is 11.5. The van der Waals surface area contributed by atoms with E-state index in [-0.39, 0.29) is 23.3 Å². The average Bonchev–Trinajstić information content (AvgIpc) is 4.04. The normalized spacial score (nSPS) is 13.2. The Morgan fingerprint density at radius 3 is 1.08 bits per heavy atom. The number of methoxy groups -OCH3 is 6. The largest absolute Gasteiger partial charge is 0.494 e. The van der Waals surface area contributed by atoms with Crippen LogP contribution < -0.4 is 18.9 Å². The van der Waals surface area contributed by atoms with E-state index in [9.17, 15) is 16.8 Å². The number of para-hydroxylation sites is 2. The number of aryl methyl sites for hydroxylation is 4. The van der Waals surface area contributed by atoms with Gasteiger partial charge in [0, 0.05) is 74.9 Å². The zero-order valence-corrected chi connectivity index (χ0v) is 45.9. The Morgan fingerprint density at radius 1 is 0.461 bits per heavy atom. The van der Waals surface area contributed by atoms with Crippen LogP contribution in [0.4, 0.5) is 0 Å². The van der Waals surface area contributed by atoms with E-state index in [1.54, 1.807) is 109 Å². The van der Waals surface area contributed by atoms with Crippen LogP contribution in [0.2, 0.25) is 0 Å². The lowest BCUT2D eigenvalue weighted by atomic mass is 10.2. The number of hydrogen-bond donors (Lipinski definition) is 0. The van der Waals surface area contributed by atoms with Gasteiger partial charge in [-0.3, -0.25) is 19.1 Å². The smallest absolute Gasteiger partial charge is 0.170 e. The Hall–Kier alpha value is -7.80. The van der Waals surface area contributed by atoms with Gasteiger partial charge in [-0.1, -0.05) is 12.1 Å². The fourth-order valence-electron chi connectivity index (χ4n) is 8.23. The zero-order valence-electron chi connectivity index (χ0n) is 44.2. The van der Waals surface area contributed by atoms with Gasteiger partial charge in [0.2, 0.25) is 0 Å². The second-order valence-corrected chi connectivity index (χ2v) is 22.4. The van der Waals surface area contributed by atoms with Crippen LogP contribution in [-0.4, -0.2) is 129 Å². The van der Waals surface area contributed by atoms with Gasteiger partial charge in [-0.25, -0.2) is 36.8 Å². The highest BCUT2D eigenvalue weighted by Gasteiger charge is 2.37. The number of benzene rings is 2. The number of pyridine rings is 2. The maximum absolute atomic E-state index is 13.7. The van der Waals surface area contributed by atoms with Crippen molar-refractivity contribution < 1.29 is 45.3 Å². The van der Waals surface area contributed by atoms with Gasteiger partial charge in [-0.15, -0.1) is 20.4 Å². The molecule has 6 aromatic heterocycles. The summed E-state index contributed by atoms with van der Waals surface area (Å²) in [7, 11) is 1.27. The molecule has 0 spiro atoms. The number of rotatable bonds is 20. The summed E-state index contributed by atoms with van der Waals surface area (Å²) in [4.78, 5) is 25.7. The molecule has 0 saturated heterocycles. The third-order valence-electron chi connectivity index (χ3n) is 12.2. The molecule has 0 amide bonds. The molecule has 0 saturated carbocycles. The monoisotopic (exact) mass is 1080 g/mol. The Balaban J connectivity index is 0.000000221. The fourth-order valence-corrected chi connectivity index (χ4v) is 11.1. The van der Waals surface area contributed by atoms with E-state index in [0.29, 0.717) is 57.1 Å². The lowest BCUT2D eigenvalue weighted by Crippen LogP contribution is -2.30. The van der Waals surface area contributed by atoms with E-state index in [0.717, 1.165) is 22.3 Å². The molecule has 0 fully saturated rings. The van der Waals surface area contributed by atoms with Crippen LogP contribution in [0, 0.1) is 27.7 Å². The Morgan fingerprint density at radius 2 is 0.789 bits per heavy atom. The molecule has 22 nitrogen and oxygen atoms in total. The third-order valence-corrected chi connectivity index (χ3v) is 16.3. The van der Waals surface area contributed by atoms with Crippen LogP contribution >= 0.6 is 0 Å². The average molecular weight is 1080 g/mol. The first-order chi connectivity index (χ1) is 36.4. The van der Waals surface area contributed by atoms with Crippen molar-refractivity contribution >= 4 is 19.7 Å². The van der Waals surface area contributed by atoms with Gasteiger partial charge in [-0.05, 0) is 100 Å². The lowest BCUT2D eigenvalue weighted by molar-refractivity contribution is 0.0947. The first-order valence-corrected chi connectivity index (χ1v) is 27.0. The molecule has 8 rings (SSSR count). The molecule has 2 aromatic carbocycles. The third kappa shape index (κ3) is 12.1. The van der Waals surface area contributed by atoms with Crippen molar-refractivity contribution in [3.05, 3.63) is 144 Å². The summed E-state index contributed by atoms with van der Waals surface area (Å²) in [5.41, 5.74) is 5.80. The second-order valence-electron chi connectivity index (χ2n) is 17.6. The number of hydrogen-bond acceptors (Lipinski definition) is 20. The molecular weight excluding hydrogens is 1020 g/mol. The van der Waals surface area contributed by atoms with Gasteiger partial charge in [-0.2, -0.15) is 0 Å². The molecule has 0 unspecified atom stereocenters. The van der Waals surface area contributed by atoms with Crippen LogP contribution in [0.15, 0.2) is 98.1 Å². The molecule has 8 aromatic rings. The van der Waals surface area contributed by atoms with Gasteiger partial charge >= 0.3 is 0 Å². The van der Waals surface area contributed by atoms with Gasteiger partial charge in [0.15, 0.2) is 54.6 Å². The van der Waals surface area contributed by atoms with Crippen molar-refractivity contribution in [3.8, 4) is 57.1 Å². The summed E-state index contributed by atoms with van der Waals surface area (Å²) in [5, 5.41) is 15.4. The molecule has 76 heavy (non-hydrogen) atoms. The number of sulfone groups is 2. The molecule has 0 bridgehead atoms. The summed E-state index contributed by atoms with van der Waals surface area (Å²) < 4.78 is 91.8. The summed E-state index contributed by atoms with van der Waals surface area (Å²) in [5.74, 6) is 2.68. The van der Waals surface area contributed by atoms with Crippen LogP contribution in [0.3, 0.4) is 0 Å². The first kappa shape index (κ1) is 55.9. The molecule has 0 radical (unpaired) electrons. The topological polar surface area (TPSA) is 262 Å². The van der Waals surface area contributed by atoms with Gasteiger partial charge in [0.05, 0.1) is 38.9 Å². The standard InChI is InChI=1S/2C26H30N6O5S/c2*1-16-10-19(14-27-11-16)26-31-30-22(32(26)23-20(35-4)8-7-9-21(23)36-5)15-38(33,34)18(3)24(37-6)25-28-12-17(2)13-29-25/h2*7-14,18,24H,15H2,1-6H3/t2*18-,24-/m10/s1. The van der Waals surface area contributed by atoms with E-state index in [1.165, 1.54) is 42.7 Å². The highest BCUT2D eigenvalue weighted by atomic mass is 32.2. The predicted octanol–water partition coefficient (Wildman–Crippen LogP) is 6.89. The van der Waals surface area contributed by atoms with E-state index in [1.807, 2.05) is 39.8 Å². The van der Waals surface area contributed by atoms with Crippen LogP contribution in [0.5, 0.6) is 23.0 Å². The highest BCUT2D eigenvalue weighted by Crippen LogP contribution is 2.39. The lowest BCUT2D eigenvalue weighted by Gasteiger charge is -2.22. The van der Waals surface area contributed by atoms with Crippen molar-refractivity contribution in [1.29, 1.82) is 0 Å². The fraction of sp³-hybridized carbons (Fsp3) is 0.346. The highest BCUT2D eigenvalue weighted by molar-refractivity contribution is 7.91. The first-order valence-electron chi connectivity index (χ1n) is 23.6. The van der Waals surface area contributed by atoms with E-state index in [4.69, 9.17) is 28.4 Å². The van der Waals surface area contributed by atoms with Gasteiger partial charge in [0.25, 0.3) is 0 Å². The SMILES string of the molecule is COc1cccc(OC)c1-n1c(CS(=O)(=O)[C@@H](C)[C@H](OC)c2ncc(C)cn2)nnc1-c1cncc(C)c1.COc1cccc(OC)c1-n1c(CS(=O)(=O)[C@H](C)[C@@H](OC)c2ncc(C)cn2)nnc1-c1cncc(C)c1. The van der Waals surface area contributed by atoms with Crippen LogP contribution in [-0.2, 0) is 40.7 Å². The van der Waals surface area contributed by atoms with Crippen molar-refractivity contribution in [1.82, 2.24) is 59.4 Å². The second kappa shape index (κ2) is 24.3. The molecule has 6 heterocycles. The number of nitrogens with zero attached hydrogens (tertiary/aromatic N) is 12. The molecule has 0 N–H and O–H groups in total. The minimum absolute atomic E-state index is 0.177. The maximum atomic E-state index is 13.7. The van der Waals surface area contributed by atoms with Gasteiger partial charge < -0.3 is 28.4 Å². The number of ether oxygens (including phenoxy) is 6. The molecule has 400 valence electrons. The molecule has 4 atom stereocenters. The number of aromatic nitrogens is 12. The Bertz CT molecular complexity index is 3230. The van der Waals surface area contributed by atoms with Crippen molar-refractivity contribution in [2.75, 3.05) is 42.7 Å². The zero-order chi connectivity index (χ0) is 54.9.